The Kier molecular flexibility index (Phi) is 14.9. The van der Waals surface area contributed by atoms with E-state index in [2.05, 4.69) is 10.2 Å². The highest BCUT2D eigenvalue weighted by Gasteiger charge is 2.39. The van der Waals surface area contributed by atoms with Gasteiger partial charge in [0.1, 0.15) is 6.61 Å². The van der Waals surface area contributed by atoms with Crippen molar-refractivity contribution in [3.8, 4) is 0 Å². The van der Waals surface area contributed by atoms with E-state index in [1.165, 1.54) is 11.0 Å². The molecule has 0 saturated carbocycles. The zero-order valence-electron chi connectivity index (χ0n) is 34.0. The summed E-state index contributed by atoms with van der Waals surface area (Å²) in [4.78, 5) is 62.4. The fraction of sp³-hybridized carbons (Fsp3) is 0.619. The van der Waals surface area contributed by atoms with E-state index in [1.54, 1.807) is 9.80 Å². The van der Waals surface area contributed by atoms with Gasteiger partial charge in [-0.2, -0.15) is 13.2 Å². The Balaban J connectivity index is 1.04. The lowest BCUT2D eigenvalue weighted by atomic mass is 9.78. The van der Waals surface area contributed by atoms with Crippen LogP contribution in [0.5, 0.6) is 0 Å². The second-order valence-electron chi connectivity index (χ2n) is 16.5. The standard InChI is InChI=1S/C42H57ClF3N7O6/c1-49(2)23-24-58-37(54)14-17-50-15-7-29(8-16-50)30-9-18-51(19-10-30)39(55)36(27-28-25-33(42(44,45)46)38(47)34(43)26-28)59-41(57)52-20-12-32(13-21-52)53-22-11-31-5-3-4-6-35(31)48-40(53)56/h3-6,25-26,29-30,32,36H,7-24,27,47H2,1-2H3,(H,48,56)/t36-/m1/s1. The quantitative estimate of drug-likeness (QED) is 0.195. The molecule has 0 unspecified atom stereocenters. The molecule has 17 heteroatoms. The van der Waals surface area contributed by atoms with Gasteiger partial charge in [-0.15, -0.1) is 0 Å². The monoisotopic (exact) mass is 847 g/mol. The molecule has 59 heavy (non-hydrogen) atoms. The van der Waals surface area contributed by atoms with Crippen molar-refractivity contribution in [3.63, 3.8) is 0 Å². The highest BCUT2D eigenvalue weighted by molar-refractivity contribution is 6.33. The summed E-state index contributed by atoms with van der Waals surface area (Å²) in [6.07, 6.45) is -1.72. The number of carbonyl (C=O) groups excluding carboxylic acids is 4. The normalized spacial score (nSPS) is 19.6. The number of hydrogen-bond acceptors (Lipinski definition) is 9. The Bertz CT molecular complexity index is 1790. The number of likely N-dealkylation sites (N-methyl/N-ethyl adjacent to an activating group) is 1. The summed E-state index contributed by atoms with van der Waals surface area (Å²) in [5, 5.41) is 2.69. The number of nitrogens with zero attached hydrogens (tertiary/aromatic N) is 5. The molecule has 4 heterocycles. The average molecular weight is 848 g/mol. The van der Waals surface area contributed by atoms with Crippen LogP contribution in [0.25, 0.3) is 0 Å². The van der Waals surface area contributed by atoms with Crippen LogP contribution in [0, 0.1) is 11.8 Å². The van der Waals surface area contributed by atoms with Gasteiger partial charge in [0.15, 0.2) is 6.10 Å². The van der Waals surface area contributed by atoms with Crippen molar-refractivity contribution < 1.29 is 41.8 Å². The van der Waals surface area contributed by atoms with Crippen molar-refractivity contribution in [2.45, 2.75) is 76.1 Å². The van der Waals surface area contributed by atoms with Crippen LogP contribution in [0.15, 0.2) is 36.4 Å². The number of fused-ring (bicyclic) bond motifs is 1. The van der Waals surface area contributed by atoms with E-state index in [9.17, 15) is 32.3 Å². The molecule has 4 aliphatic heterocycles. The van der Waals surface area contributed by atoms with Crippen LogP contribution in [0.4, 0.5) is 34.1 Å². The fourth-order valence-electron chi connectivity index (χ4n) is 8.82. The van der Waals surface area contributed by atoms with Crippen LogP contribution in [-0.2, 0) is 38.1 Å². The van der Waals surface area contributed by atoms with Crippen LogP contribution in [0.3, 0.4) is 0 Å². The number of para-hydroxylation sites is 1. The number of anilines is 2. The molecule has 1 atom stereocenters. The number of hydrogen-bond donors (Lipinski definition) is 2. The molecule has 0 aliphatic carbocycles. The minimum absolute atomic E-state index is 0.0676. The van der Waals surface area contributed by atoms with E-state index in [-0.39, 0.29) is 48.1 Å². The van der Waals surface area contributed by atoms with Crippen molar-refractivity contribution in [2.75, 3.05) is 90.7 Å². The van der Waals surface area contributed by atoms with E-state index in [1.807, 2.05) is 43.3 Å². The van der Waals surface area contributed by atoms with Crippen LogP contribution < -0.4 is 11.1 Å². The first-order chi connectivity index (χ1) is 28.2. The van der Waals surface area contributed by atoms with Gasteiger partial charge in [-0.3, -0.25) is 9.59 Å². The number of nitrogens with one attached hydrogen (secondary N) is 1. The summed E-state index contributed by atoms with van der Waals surface area (Å²) in [7, 11) is 3.86. The predicted molar refractivity (Wildman–Crippen MR) is 218 cm³/mol. The number of rotatable bonds is 12. The second kappa shape index (κ2) is 19.9. The molecule has 324 valence electrons. The van der Waals surface area contributed by atoms with Crippen molar-refractivity contribution in [1.82, 2.24) is 24.5 Å². The van der Waals surface area contributed by atoms with Gasteiger partial charge in [0.25, 0.3) is 5.91 Å². The smallest absolute Gasteiger partial charge is 0.418 e. The third-order valence-electron chi connectivity index (χ3n) is 12.3. The lowest BCUT2D eigenvalue weighted by molar-refractivity contribution is -0.144. The van der Waals surface area contributed by atoms with Gasteiger partial charge < -0.3 is 45.0 Å². The molecule has 3 fully saturated rings. The molecule has 13 nitrogen and oxygen atoms in total. The molecule has 0 bridgehead atoms. The van der Waals surface area contributed by atoms with E-state index in [0.717, 1.165) is 56.1 Å². The molecule has 0 radical (unpaired) electrons. The van der Waals surface area contributed by atoms with Gasteiger partial charge in [-0.1, -0.05) is 29.8 Å². The van der Waals surface area contributed by atoms with Crippen molar-refractivity contribution in [1.29, 1.82) is 0 Å². The number of urea groups is 1. The largest absolute Gasteiger partial charge is 0.464 e. The number of ether oxygens (including phenoxy) is 2. The first-order valence-electron chi connectivity index (χ1n) is 20.7. The van der Waals surface area contributed by atoms with E-state index in [4.69, 9.17) is 26.8 Å². The first-order valence-corrected chi connectivity index (χ1v) is 21.1. The molecule has 4 aliphatic rings. The van der Waals surface area contributed by atoms with Gasteiger partial charge in [0.05, 0.1) is 22.7 Å². The van der Waals surface area contributed by atoms with Gasteiger partial charge in [0.2, 0.25) is 0 Å². The molecule has 3 N–H and O–H groups in total. The number of benzene rings is 2. The lowest BCUT2D eigenvalue weighted by Crippen LogP contribution is -2.52. The number of likely N-dealkylation sites (tertiary alicyclic amines) is 3. The average Bonchev–Trinajstić information content (AvgIpc) is 3.38. The molecule has 3 saturated heterocycles. The lowest BCUT2D eigenvalue weighted by Gasteiger charge is -2.41. The second-order valence-corrected chi connectivity index (χ2v) is 16.9. The highest BCUT2D eigenvalue weighted by Crippen LogP contribution is 2.39. The number of esters is 1. The topological polar surface area (TPSA) is 141 Å². The van der Waals surface area contributed by atoms with Crippen LogP contribution in [-0.4, -0.2) is 140 Å². The van der Waals surface area contributed by atoms with Gasteiger partial charge in [-0.25, -0.2) is 9.59 Å². The zero-order valence-corrected chi connectivity index (χ0v) is 34.7. The zero-order chi connectivity index (χ0) is 42.3. The Hall–Kier alpha value is -4.28. The molecule has 0 aromatic heterocycles. The number of nitrogen functional groups attached to an aromatic ring is 1. The maximum Gasteiger partial charge on any atom is 0.418 e. The summed E-state index contributed by atoms with van der Waals surface area (Å²) < 4.78 is 53.0. The molecular formula is C42H57ClF3N7O6. The highest BCUT2D eigenvalue weighted by atomic mass is 35.5. The molecule has 2 aromatic rings. The van der Waals surface area contributed by atoms with Gasteiger partial charge >= 0.3 is 24.3 Å². The van der Waals surface area contributed by atoms with Crippen molar-refractivity contribution in [3.05, 3.63) is 58.1 Å². The van der Waals surface area contributed by atoms with Gasteiger partial charge in [-0.05, 0) is 113 Å². The summed E-state index contributed by atoms with van der Waals surface area (Å²) in [6, 6.07) is 9.51. The van der Waals surface area contributed by atoms with E-state index >= 15 is 0 Å². The summed E-state index contributed by atoms with van der Waals surface area (Å²) in [5.41, 5.74) is 5.87. The summed E-state index contributed by atoms with van der Waals surface area (Å²) in [5.74, 6) is 0.206. The van der Waals surface area contributed by atoms with Gasteiger partial charge in [0, 0.05) is 64.0 Å². The van der Waals surface area contributed by atoms with Crippen LogP contribution in [0.2, 0.25) is 5.02 Å². The molecule has 6 rings (SSSR count). The number of halogens is 4. The molecule has 4 amide bonds. The minimum Gasteiger partial charge on any atom is -0.464 e. The number of piperidine rings is 3. The summed E-state index contributed by atoms with van der Waals surface area (Å²) >= 11 is 6.15. The number of nitrogens with two attached hydrogens (primary N) is 1. The Labute approximate surface area is 349 Å². The molecule has 0 spiro atoms. The first kappa shape index (κ1) is 44.3. The maximum absolute atomic E-state index is 14.2. The van der Waals surface area contributed by atoms with Crippen molar-refractivity contribution in [2.24, 2.45) is 11.8 Å². The van der Waals surface area contributed by atoms with E-state index < -0.39 is 35.5 Å². The number of amides is 4. The van der Waals surface area contributed by atoms with Crippen LogP contribution >= 0.6 is 11.6 Å². The Morgan fingerprint density at radius 3 is 2.24 bits per heavy atom. The third kappa shape index (κ3) is 11.7. The Morgan fingerprint density at radius 1 is 0.932 bits per heavy atom. The van der Waals surface area contributed by atoms with E-state index in [0.29, 0.717) is 76.8 Å². The number of alkyl halides is 3. The third-order valence-corrected chi connectivity index (χ3v) is 12.6. The van der Waals surface area contributed by atoms with Crippen LogP contribution in [0.1, 0.15) is 61.6 Å². The molecule has 2 aromatic carbocycles. The predicted octanol–water partition coefficient (Wildman–Crippen LogP) is 5.99. The minimum atomic E-state index is -4.78. The molecular weight excluding hydrogens is 791 g/mol. The van der Waals surface area contributed by atoms with Crippen molar-refractivity contribution >= 4 is 47.0 Å². The maximum atomic E-state index is 14.2. The Morgan fingerprint density at radius 2 is 1.58 bits per heavy atom. The SMILES string of the molecule is CN(C)CCOC(=O)CCN1CCC(C2CCN(C(=O)[C@@H](Cc3cc(Cl)c(N)c(C(F)(F)F)c3)OC(=O)N3CCC(N4CCc5ccccc5NC4=O)CC3)CC2)CC1. The fourth-order valence-corrected chi connectivity index (χ4v) is 9.06. The number of carbonyl (C=O) groups is 4. The summed E-state index contributed by atoms with van der Waals surface area (Å²) in [6.45, 7) is 5.43.